The zero-order chi connectivity index (χ0) is 13.8. The molecule has 0 unspecified atom stereocenters. The van der Waals surface area contributed by atoms with E-state index in [-0.39, 0.29) is 5.84 Å². The first-order valence-corrected chi connectivity index (χ1v) is 6.33. The lowest BCUT2D eigenvalue weighted by molar-refractivity contribution is 0.318. The Hall–Kier alpha value is -2.15. The van der Waals surface area contributed by atoms with Gasteiger partial charge in [-0.05, 0) is 26.0 Å². The molecule has 0 spiro atoms. The Bertz CT molecular complexity index is 615. The third-order valence-electron chi connectivity index (χ3n) is 2.43. The lowest BCUT2D eigenvalue weighted by atomic mass is 10.1. The number of nitrogens with two attached hydrogens (primary N) is 1. The van der Waals surface area contributed by atoms with Gasteiger partial charge in [0.2, 0.25) is 0 Å². The minimum absolute atomic E-state index is 0.0431. The van der Waals surface area contributed by atoms with Crippen LogP contribution in [0.1, 0.15) is 17.0 Å². The molecule has 2 heterocycles. The van der Waals surface area contributed by atoms with Crippen LogP contribution < -0.4 is 5.73 Å². The van der Waals surface area contributed by atoms with E-state index in [9.17, 15) is 0 Å². The first-order chi connectivity index (χ1) is 9.11. The van der Waals surface area contributed by atoms with Gasteiger partial charge in [0.25, 0.3) is 0 Å². The molecule has 2 aromatic rings. The summed E-state index contributed by atoms with van der Waals surface area (Å²) in [5.74, 6) is 0.0431. The SMILES string of the molecule is Cc1cc(Sc2ccncn2)c(/C(N)=N/O)c(C)n1. The maximum Gasteiger partial charge on any atom is 0.173 e. The molecule has 2 aromatic heterocycles. The van der Waals surface area contributed by atoms with Gasteiger partial charge in [0.1, 0.15) is 11.4 Å². The normalized spacial score (nSPS) is 11.6. The van der Waals surface area contributed by atoms with Gasteiger partial charge in [-0.15, -0.1) is 0 Å². The van der Waals surface area contributed by atoms with Crippen molar-refractivity contribution >= 4 is 17.6 Å². The number of aromatic nitrogens is 3. The Morgan fingerprint density at radius 1 is 1.42 bits per heavy atom. The quantitative estimate of drug-likeness (QED) is 0.291. The molecular weight excluding hydrogens is 262 g/mol. The molecule has 0 bridgehead atoms. The van der Waals surface area contributed by atoms with Crippen molar-refractivity contribution in [2.24, 2.45) is 10.9 Å². The Labute approximate surface area is 114 Å². The van der Waals surface area contributed by atoms with Crippen LogP contribution in [0, 0.1) is 13.8 Å². The van der Waals surface area contributed by atoms with Crippen LogP contribution >= 0.6 is 11.8 Å². The Kier molecular flexibility index (Phi) is 3.96. The van der Waals surface area contributed by atoms with Crippen molar-refractivity contribution in [2.75, 3.05) is 0 Å². The van der Waals surface area contributed by atoms with Crippen molar-refractivity contribution in [3.8, 4) is 0 Å². The number of rotatable bonds is 3. The number of oxime groups is 1. The lowest BCUT2D eigenvalue weighted by Gasteiger charge is -2.11. The molecule has 0 aliphatic rings. The predicted octanol–water partition coefficient (Wildman–Crippen LogP) is 1.73. The molecule has 0 saturated carbocycles. The molecule has 0 atom stereocenters. The molecular formula is C12H13N5OS. The molecule has 19 heavy (non-hydrogen) atoms. The van der Waals surface area contributed by atoms with Crippen LogP contribution in [0.4, 0.5) is 0 Å². The highest BCUT2D eigenvalue weighted by atomic mass is 32.2. The minimum atomic E-state index is 0.0431. The summed E-state index contributed by atoms with van der Waals surface area (Å²) in [7, 11) is 0. The predicted molar refractivity (Wildman–Crippen MR) is 72.4 cm³/mol. The van der Waals surface area contributed by atoms with Gasteiger partial charge in [0.15, 0.2) is 5.84 Å². The number of nitrogens with zero attached hydrogens (tertiary/aromatic N) is 4. The fraction of sp³-hybridized carbons (Fsp3) is 0.167. The van der Waals surface area contributed by atoms with Crippen molar-refractivity contribution in [2.45, 2.75) is 23.8 Å². The molecule has 0 aliphatic heterocycles. The van der Waals surface area contributed by atoms with Crippen LogP contribution in [-0.2, 0) is 0 Å². The van der Waals surface area contributed by atoms with E-state index < -0.39 is 0 Å². The van der Waals surface area contributed by atoms with Gasteiger partial charge in [-0.1, -0.05) is 16.9 Å². The summed E-state index contributed by atoms with van der Waals surface area (Å²) in [6, 6.07) is 3.68. The fourth-order valence-electron chi connectivity index (χ4n) is 1.69. The van der Waals surface area contributed by atoms with Crippen LogP contribution in [0.2, 0.25) is 0 Å². The second-order valence-corrected chi connectivity index (χ2v) is 4.92. The van der Waals surface area contributed by atoms with Gasteiger partial charge >= 0.3 is 0 Å². The van der Waals surface area contributed by atoms with E-state index in [1.807, 2.05) is 19.9 Å². The van der Waals surface area contributed by atoms with Gasteiger partial charge in [0.05, 0.1) is 5.56 Å². The minimum Gasteiger partial charge on any atom is -0.409 e. The van der Waals surface area contributed by atoms with Gasteiger partial charge in [-0.3, -0.25) is 4.98 Å². The van der Waals surface area contributed by atoms with Crippen molar-refractivity contribution in [1.29, 1.82) is 0 Å². The van der Waals surface area contributed by atoms with Gasteiger partial charge in [-0.25, -0.2) is 9.97 Å². The van der Waals surface area contributed by atoms with Crippen LogP contribution in [-0.4, -0.2) is 26.0 Å². The summed E-state index contributed by atoms with van der Waals surface area (Å²) in [5.41, 5.74) is 7.91. The zero-order valence-corrected chi connectivity index (χ0v) is 11.3. The monoisotopic (exact) mass is 275 g/mol. The summed E-state index contributed by atoms with van der Waals surface area (Å²) in [4.78, 5) is 13.2. The second kappa shape index (κ2) is 5.66. The molecule has 3 N–H and O–H groups in total. The van der Waals surface area contributed by atoms with E-state index in [2.05, 4.69) is 20.1 Å². The number of hydrogen-bond donors (Lipinski definition) is 2. The van der Waals surface area contributed by atoms with Crippen LogP contribution in [0.5, 0.6) is 0 Å². The van der Waals surface area contributed by atoms with Crippen LogP contribution in [0.15, 0.2) is 39.7 Å². The summed E-state index contributed by atoms with van der Waals surface area (Å²) >= 11 is 1.42. The van der Waals surface area contributed by atoms with E-state index in [1.165, 1.54) is 18.1 Å². The van der Waals surface area contributed by atoms with Crippen LogP contribution in [0.25, 0.3) is 0 Å². The van der Waals surface area contributed by atoms with E-state index in [0.29, 0.717) is 11.3 Å². The molecule has 6 nitrogen and oxygen atoms in total. The number of hydrogen-bond acceptors (Lipinski definition) is 6. The van der Waals surface area contributed by atoms with Crippen molar-refractivity contribution in [3.05, 3.63) is 41.6 Å². The van der Waals surface area contributed by atoms with Crippen molar-refractivity contribution in [3.63, 3.8) is 0 Å². The summed E-state index contributed by atoms with van der Waals surface area (Å²) in [6.45, 7) is 3.72. The Morgan fingerprint density at radius 2 is 2.21 bits per heavy atom. The topological polar surface area (TPSA) is 97.3 Å². The average Bonchev–Trinajstić information content (AvgIpc) is 2.38. The van der Waals surface area contributed by atoms with Gasteiger partial charge < -0.3 is 10.9 Å². The smallest absolute Gasteiger partial charge is 0.173 e. The van der Waals surface area contributed by atoms with Gasteiger partial charge in [-0.2, -0.15) is 0 Å². The molecule has 0 amide bonds. The molecule has 0 aliphatic carbocycles. The van der Waals surface area contributed by atoms with Crippen molar-refractivity contribution in [1.82, 2.24) is 15.0 Å². The van der Waals surface area contributed by atoms with E-state index in [4.69, 9.17) is 10.9 Å². The van der Waals surface area contributed by atoms with E-state index in [1.54, 1.807) is 12.3 Å². The first kappa shape index (κ1) is 13.3. The molecule has 0 aromatic carbocycles. The second-order valence-electron chi connectivity index (χ2n) is 3.86. The molecule has 2 rings (SSSR count). The highest BCUT2D eigenvalue weighted by Crippen LogP contribution is 2.30. The molecule has 0 saturated heterocycles. The molecule has 0 fully saturated rings. The van der Waals surface area contributed by atoms with Crippen molar-refractivity contribution < 1.29 is 5.21 Å². The summed E-state index contributed by atoms with van der Waals surface area (Å²) < 4.78 is 0. The third kappa shape index (κ3) is 3.00. The molecule has 7 heteroatoms. The van der Waals surface area contributed by atoms with Crippen LogP contribution in [0.3, 0.4) is 0 Å². The number of pyridine rings is 1. The van der Waals surface area contributed by atoms with E-state index in [0.717, 1.165) is 15.6 Å². The summed E-state index contributed by atoms with van der Waals surface area (Å²) in [6.07, 6.45) is 3.14. The molecule has 98 valence electrons. The zero-order valence-electron chi connectivity index (χ0n) is 10.5. The standard InChI is InChI=1S/C12H13N5OS/c1-7-5-9(19-10-3-4-14-6-15-10)11(8(2)16-7)12(13)17-18/h3-6,18H,1-2H3,(H2,13,17). The summed E-state index contributed by atoms with van der Waals surface area (Å²) in [5, 5.41) is 12.7. The number of amidine groups is 1. The average molecular weight is 275 g/mol. The fourth-order valence-corrected chi connectivity index (χ4v) is 2.72. The van der Waals surface area contributed by atoms with Gasteiger partial charge in [0, 0.05) is 22.5 Å². The maximum atomic E-state index is 8.87. The largest absolute Gasteiger partial charge is 0.409 e. The Balaban J connectivity index is 2.49. The number of aryl methyl sites for hydroxylation is 2. The highest BCUT2D eigenvalue weighted by molar-refractivity contribution is 7.99. The maximum absolute atomic E-state index is 8.87. The highest BCUT2D eigenvalue weighted by Gasteiger charge is 2.14. The van der Waals surface area contributed by atoms with E-state index >= 15 is 0 Å². The Morgan fingerprint density at radius 3 is 2.84 bits per heavy atom. The lowest BCUT2D eigenvalue weighted by Crippen LogP contribution is -2.17. The molecule has 0 radical (unpaired) electrons. The third-order valence-corrected chi connectivity index (χ3v) is 3.42. The first-order valence-electron chi connectivity index (χ1n) is 5.52.